The third-order valence-electron chi connectivity index (χ3n) is 3.10. The lowest BCUT2D eigenvalue weighted by atomic mass is 10.1. The van der Waals surface area contributed by atoms with Crippen LogP contribution in [0.15, 0.2) is 59.4 Å². The van der Waals surface area contributed by atoms with Crippen LogP contribution in [0.25, 0.3) is 21.5 Å². The van der Waals surface area contributed by atoms with Gasteiger partial charge in [-0.3, -0.25) is 4.79 Å². The first-order valence-electron chi connectivity index (χ1n) is 5.68. The summed E-state index contributed by atoms with van der Waals surface area (Å²) in [6.45, 7) is 2.01. The molecular weight excluding hydrogens is 208 g/mol. The smallest absolute Gasteiger partial charge is 0.194 e. The number of fused-ring (bicyclic) bond motifs is 2. The van der Waals surface area contributed by atoms with Crippen molar-refractivity contribution < 1.29 is 0 Å². The van der Waals surface area contributed by atoms with Gasteiger partial charge in [-0.2, -0.15) is 0 Å². The molecule has 0 spiro atoms. The Balaban J connectivity index is 2.65. The fourth-order valence-electron chi connectivity index (χ4n) is 2.19. The first kappa shape index (κ1) is 10.0. The summed E-state index contributed by atoms with van der Waals surface area (Å²) in [7, 11) is 0. The fraction of sp³-hybridized carbons (Fsp3) is 0.0625. The molecule has 3 aromatic rings. The molecule has 0 radical (unpaired) electrons. The summed E-state index contributed by atoms with van der Waals surface area (Å²) in [5.41, 5.74) is 1.23. The van der Waals surface area contributed by atoms with Crippen molar-refractivity contribution in [3.63, 3.8) is 0 Å². The van der Waals surface area contributed by atoms with Gasteiger partial charge in [0.25, 0.3) is 0 Å². The Morgan fingerprint density at radius 2 is 1.41 bits per heavy atom. The van der Waals surface area contributed by atoms with Crippen molar-refractivity contribution in [1.82, 2.24) is 0 Å². The Hall–Kier alpha value is -2.15. The van der Waals surface area contributed by atoms with Gasteiger partial charge in [-0.1, -0.05) is 54.1 Å². The van der Waals surface area contributed by atoms with Gasteiger partial charge in [-0.15, -0.1) is 0 Å². The third kappa shape index (κ3) is 1.60. The molecule has 0 aliphatic rings. The second-order valence-corrected chi connectivity index (χ2v) is 4.34. The summed E-state index contributed by atoms with van der Waals surface area (Å²) in [6, 6.07) is 17.7. The van der Waals surface area contributed by atoms with Crippen LogP contribution in [-0.4, -0.2) is 0 Å². The SMILES string of the molecule is Cc1ccc2ccc3ccccc3c(=O)c2c1. The van der Waals surface area contributed by atoms with Crippen LogP contribution in [0.4, 0.5) is 0 Å². The lowest BCUT2D eigenvalue weighted by molar-refractivity contribution is 1.51. The zero-order chi connectivity index (χ0) is 11.8. The van der Waals surface area contributed by atoms with E-state index in [2.05, 4.69) is 0 Å². The first-order valence-corrected chi connectivity index (χ1v) is 5.68. The van der Waals surface area contributed by atoms with Crippen molar-refractivity contribution in [2.45, 2.75) is 6.92 Å². The van der Waals surface area contributed by atoms with E-state index in [-0.39, 0.29) is 5.43 Å². The predicted octanol–water partition coefficient (Wildman–Crippen LogP) is 3.66. The molecule has 0 unspecified atom stereocenters. The largest absolute Gasteiger partial charge is 0.289 e. The molecule has 0 aliphatic heterocycles. The maximum absolute atomic E-state index is 12.4. The number of hydrogen-bond donors (Lipinski definition) is 0. The summed E-state index contributed by atoms with van der Waals surface area (Å²) in [5.74, 6) is 0. The van der Waals surface area contributed by atoms with Crippen molar-refractivity contribution in [1.29, 1.82) is 0 Å². The zero-order valence-electron chi connectivity index (χ0n) is 9.60. The molecule has 0 amide bonds. The van der Waals surface area contributed by atoms with Crippen molar-refractivity contribution >= 4 is 21.5 Å². The van der Waals surface area contributed by atoms with E-state index >= 15 is 0 Å². The average molecular weight is 220 g/mol. The second-order valence-electron chi connectivity index (χ2n) is 4.34. The van der Waals surface area contributed by atoms with Crippen LogP contribution >= 0.6 is 0 Å². The second kappa shape index (κ2) is 3.70. The summed E-state index contributed by atoms with van der Waals surface area (Å²) >= 11 is 0. The lowest BCUT2D eigenvalue weighted by Crippen LogP contribution is -1.98. The van der Waals surface area contributed by atoms with Gasteiger partial charge in [0.2, 0.25) is 0 Å². The number of aryl methyl sites for hydroxylation is 1. The highest BCUT2D eigenvalue weighted by molar-refractivity contribution is 5.93. The molecule has 0 atom stereocenters. The number of rotatable bonds is 0. The van der Waals surface area contributed by atoms with Gasteiger partial charge in [-0.05, 0) is 23.8 Å². The van der Waals surface area contributed by atoms with Crippen molar-refractivity contribution in [2.75, 3.05) is 0 Å². The number of hydrogen-bond acceptors (Lipinski definition) is 1. The molecule has 0 heterocycles. The molecule has 0 bridgehead atoms. The summed E-state index contributed by atoms with van der Waals surface area (Å²) in [5, 5.41) is 3.57. The van der Waals surface area contributed by atoms with Gasteiger partial charge in [0.05, 0.1) is 0 Å². The monoisotopic (exact) mass is 220 g/mol. The maximum Gasteiger partial charge on any atom is 0.194 e. The van der Waals surface area contributed by atoms with E-state index in [1.54, 1.807) is 0 Å². The summed E-state index contributed by atoms with van der Waals surface area (Å²) in [6.07, 6.45) is 0. The highest BCUT2D eigenvalue weighted by atomic mass is 16.1. The van der Waals surface area contributed by atoms with E-state index < -0.39 is 0 Å². The van der Waals surface area contributed by atoms with E-state index in [0.717, 1.165) is 27.1 Å². The molecule has 0 aromatic heterocycles. The minimum absolute atomic E-state index is 0.115. The maximum atomic E-state index is 12.4. The average Bonchev–Trinajstić information content (AvgIpc) is 2.49. The molecule has 0 N–H and O–H groups in total. The van der Waals surface area contributed by atoms with Crippen LogP contribution in [-0.2, 0) is 0 Å². The van der Waals surface area contributed by atoms with Crippen LogP contribution in [0, 0.1) is 6.92 Å². The molecule has 1 nitrogen and oxygen atoms in total. The third-order valence-corrected chi connectivity index (χ3v) is 3.10. The summed E-state index contributed by atoms with van der Waals surface area (Å²) in [4.78, 5) is 12.4. The Bertz CT molecular complexity index is 772. The Morgan fingerprint density at radius 1 is 0.765 bits per heavy atom. The van der Waals surface area contributed by atoms with E-state index in [9.17, 15) is 4.79 Å². The fourth-order valence-corrected chi connectivity index (χ4v) is 2.19. The van der Waals surface area contributed by atoms with E-state index in [0.29, 0.717) is 0 Å². The Kier molecular flexibility index (Phi) is 2.19. The number of benzene rings is 2. The lowest BCUT2D eigenvalue weighted by Gasteiger charge is -1.94. The Labute approximate surface area is 99.3 Å². The van der Waals surface area contributed by atoms with Gasteiger partial charge < -0.3 is 0 Å². The molecule has 1 heteroatoms. The van der Waals surface area contributed by atoms with Gasteiger partial charge in [0.15, 0.2) is 5.43 Å². The van der Waals surface area contributed by atoms with E-state index in [1.807, 2.05) is 61.5 Å². The molecule has 3 aromatic carbocycles. The van der Waals surface area contributed by atoms with Gasteiger partial charge in [0, 0.05) is 10.8 Å². The predicted molar refractivity (Wildman–Crippen MR) is 72.5 cm³/mol. The van der Waals surface area contributed by atoms with Gasteiger partial charge in [0.1, 0.15) is 0 Å². The van der Waals surface area contributed by atoms with Crippen LogP contribution in [0.2, 0.25) is 0 Å². The molecule has 0 aliphatic carbocycles. The van der Waals surface area contributed by atoms with Crippen molar-refractivity contribution in [3.8, 4) is 0 Å². The van der Waals surface area contributed by atoms with Crippen molar-refractivity contribution in [2.24, 2.45) is 0 Å². The minimum Gasteiger partial charge on any atom is -0.289 e. The standard InChI is InChI=1S/C16H12O/c1-11-6-7-13-9-8-12-4-2-3-5-14(12)16(17)15(13)10-11/h2-10H,1H3. The van der Waals surface area contributed by atoms with Crippen LogP contribution in [0.1, 0.15) is 5.56 Å². The summed E-state index contributed by atoms with van der Waals surface area (Å²) < 4.78 is 0. The zero-order valence-corrected chi connectivity index (χ0v) is 9.60. The van der Waals surface area contributed by atoms with E-state index in [4.69, 9.17) is 0 Å². The normalized spacial score (nSPS) is 10.9. The molecule has 0 saturated carbocycles. The topological polar surface area (TPSA) is 17.1 Å². The molecule has 17 heavy (non-hydrogen) atoms. The highest BCUT2D eigenvalue weighted by Gasteiger charge is 2.01. The Morgan fingerprint density at radius 3 is 2.24 bits per heavy atom. The first-order chi connectivity index (χ1) is 8.25. The van der Waals surface area contributed by atoms with Crippen LogP contribution < -0.4 is 5.43 Å². The minimum atomic E-state index is 0.115. The highest BCUT2D eigenvalue weighted by Crippen LogP contribution is 2.16. The van der Waals surface area contributed by atoms with Crippen LogP contribution in [0.3, 0.4) is 0 Å². The van der Waals surface area contributed by atoms with Crippen LogP contribution in [0.5, 0.6) is 0 Å². The molecule has 0 fully saturated rings. The van der Waals surface area contributed by atoms with Gasteiger partial charge >= 0.3 is 0 Å². The molecular formula is C16H12O. The molecule has 82 valence electrons. The van der Waals surface area contributed by atoms with Crippen molar-refractivity contribution in [3.05, 3.63) is 70.4 Å². The molecule has 3 rings (SSSR count). The quantitative estimate of drug-likeness (QED) is 0.565. The van der Waals surface area contributed by atoms with E-state index in [1.165, 1.54) is 0 Å². The molecule has 0 saturated heterocycles. The van der Waals surface area contributed by atoms with Gasteiger partial charge in [-0.25, -0.2) is 0 Å².